The number of amides is 1. The zero-order chi connectivity index (χ0) is 22.6. The van der Waals surface area contributed by atoms with Crippen molar-refractivity contribution >= 4 is 21.7 Å². The number of nitrogens with zero attached hydrogens (tertiary/aromatic N) is 2. The number of sulfonamides is 1. The summed E-state index contributed by atoms with van der Waals surface area (Å²) in [5, 5.41) is 0. The Morgan fingerprint density at radius 2 is 1.55 bits per heavy atom. The number of carbonyl (C=O) groups excluding carboxylic acids is 2. The minimum Gasteiger partial charge on any atom is -0.340 e. The van der Waals surface area contributed by atoms with Gasteiger partial charge in [0.05, 0.1) is 4.90 Å². The lowest BCUT2D eigenvalue weighted by atomic mass is 10.0. The summed E-state index contributed by atoms with van der Waals surface area (Å²) in [5.74, 6) is -0.158. The van der Waals surface area contributed by atoms with Gasteiger partial charge in [0.1, 0.15) is 0 Å². The molecule has 1 heterocycles. The van der Waals surface area contributed by atoms with E-state index >= 15 is 0 Å². The van der Waals surface area contributed by atoms with Crippen LogP contribution in [0.4, 0.5) is 0 Å². The van der Waals surface area contributed by atoms with E-state index in [2.05, 4.69) is 6.92 Å². The van der Waals surface area contributed by atoms with E-state index in [0.717, 1.165) is 17.5 Å². The third-order valence-corrected chi connectivity index (χ3v) is 7.84. The lowest BCUT2D eigenvalue weighted by Gasteiger charge is -2.34. The van der Waals surface area contributed by atoms with Gasteiger partial charge in [-0.3, -0.25) is 9.59 Å². The Hall–Kier alpha value is -2.51. The van der Waals surface area contributed by atoms with Crippen LogP contribution in [0.3, 0.4) is 0 Å². The summed E-state index contributed by atoms with van der Waals surface area (Å²) in [6.45, 7) is 6.91. The van der Waals surface area contributed by atoms with E-state index < -0.39 is 10.0 Å². The molecule has 0 N–H and O–H groups in total. The van der Waals surface area contributed by atoms with E-state index in [1.54, 1.807) is 17.9 Å². The summed E-state index contributed by atoms with van der Waals surface area (Å²) in [7, 11) is -3.59. The number of hydrogen-bond donors (Lipinski definition) is 0. The third kappa shape index (κ3) is 5.40. The number of Topliss-reactive ketones (excluding diaryl/α,β-unsaturated/α-hetero) is 1. The molecule has 1 saturated heterocycles. The molecule has 6 nitrogen and oxygen atoms in total. The average Bonchev–Trinajstić information content (AvgIpc) is 2.78. The summed E-state index contributed by atoms with van der Waals surface area (Å²) < 4.78 is 27.5. The topological polar surface area (TPSA) is 74.8 Å². The van der Waals surface area contributed by atoms with E-state index in [9.17, 15) is 18.0 Å². The van der Waals surface area contributed by atoms with Gasteiger partial charge in [-0.1, -0.05) is 43.3 Å². The second-order valence-electron chi connectivity index (χ2n) is 8.03. The van der Waals surface area contributed by atoms with Gasteiger partial charge in [0, 0.05) is 44.6 Å². The maximum absolute atomic E-state index is 13.0. The van der Waals surface area contributed by atoms with E-state index in [-0.39, 0.29) is 37.6 Å². The molecular formula is C24H30N2O4S. The van der Waals surface area contributed by atoms with Crippen LogP contribution in [-0.4, -0.2) is 55.5 Å². The summed E-state index contributed by atoms with van der Waals surface area (Å²) >= 11 is 0. The smallest absolute Gasteiger partial charge is 0.243 e. The van der Waals surface area contributed by atoms with Crippen molar-refractivity contribution in [1.29, 1.82) is 0 Å². The molecule has 31 heavy (non-hydrogen) atoms. The number of carbonyl (C=O) groups is 2. The molecule has 1 amide bonds. The van der Waals surface area contributed by atoms with Crippen molar-refractivity contribution in [3.63, 3.8) is 0 Å². The molecule has 1 aliphatic rings. The van der Waals surface area contributed by atoms with E-state index in [0.29, 0.717) is 23.5 Å². The predicted molar refractivity (Wildman–Crippen MR) is 121 cm³/mol. The summed E-state index contributed by atoms with van der Waals surface area (Å²) in [6.07, 6.45) is 1.21. The highest BCUT2D eigenvalue weighted by molar-refractivity contribution is 7.89. The third-order valence-electron chi connectivity index (χ3n) is 5.80. The number of hydrogen-bond acceptors (Lipinski definition) is 4. The molecule has 3 rings (SSSR count). The molecule has 1 aliphatic heterocycles. The first kappa shape index (κ1) is 23.2. The molecule has 7 heteroatoms. The maximum Gasteiger partial charge on any atom is 0.243 e. The number of piperazine rings is 1. The highest BCUT2D eigenvalue weighted by Gasteiger charge is 2.31. The van der Waals surface area contributed by atoms with Crippen LogP contribution in [0, 0.1) is 13.8 Å². The fourth-order valence-electron chi connectivity index (χ4n) is 3.75. The van der Waals surface area contributed by atoms with E-state index in [4.69, 9.17) is 0 Å². The van der Waals surface area contributed by atoms with Crippen LogP contribution in [0.5, 0.6) is 0 Å². The van der Waals surface area contributed by atoms with E-state index in [1.807, 2.05) is 43.3 Å². The summed E-state index contributed by atoms with van der Waals surface area (Å²) in [5.41, 5.74) is 3.40. The van der Waals surface area contributed by atoms with Crippen molar-refractivity contribution < 1.29 is 18.0 Å². The molecule has 0 aliphatic carbocycles. The Morgan fingerprint density at radius 1 is 0.903 bits per heavy atom. The standard InChI is InChI=1S/C24H30N2O4S/c1-4-20-7-9-21(10-8-20)22(27)11-12-24(28)25-13-15-26(16-14-25)31(29,30)23-17-18(2)5-6-19(23)3/h5-10,17H,4,11-16H2,1-3H3. The fraction of sp³-hybridized carbons (Fsp3) is 0.417. The molecule has 166 valence electrons. The number of rotatable bonds is 7. The minimum atomic E-state index is -3.59. The second kappa shape index (κ2) is 9.75. The van der Waals surface area contributed by atoms with Crippen molar-refractivity contribution in [3.05, 3.63) is 64.7 Å². The summed E-state index contributed by atoms with van der Waals surface area (Å²) in [6, 6.07) is 12.9. The molecule has 0 bridgehead atoms. The van der Waals surface area contributed by atoms with Crippen LogP contribution in [-0.2, 0) is 21.2 Å². The van der Waals surface area contributed by atoms with Crippen molar-refractivity contribution in [2.45, 2.75) is 44.9 Å². The SMILES string of the molecule is CCc1ccc(C(=O)CCC(=O)N2CCN(S(=O)(=O)c3cc(C)ccc3C)CC2)cc1. The number of ketones is 1. The van der Waals surface area contributed by atoms with Crippen molar-refractivity contribution in [1.82, 2.24) is 9.21 Å². The van der Waals surface area contributed by atoms with Crippen LogP contribution in [0.2, 0.25) is 0 Å². The maximum atomic E-state index is 13.0. The largest absolute Gasteiger partial charge is 0.340 e. The fourth-order valence-corrected chi connectivity index (χ4v) is 5.48. The van der Waals surface area contributed by atoms with Crippen molar-refractivity contribution in [2.75, 3.05) is 26.2 Å². The Balaban J connectivity index is 1.54. The lowest BCUT2D eigenvalue weighted by molar-refractivity contribution is -0.132. The highest BCUT2D eigenvalue weighted by atomic mass is 32.2. The van der Waals surface area contributed by atoms with Gasteiger partial charge in [-0.15, -0.1) is 0 Å². The second-order valence-corrected chi connectivity index (χ2v) is 9.93. The predicted octanol–water partition coefficient (Wildman–Crippen LogP) is 3.36. The highest BCUT2D eigenvalue weighted by Crippen LogP contribution is 2.22. The van der Waals surface area contributed by atoms with Crippen LogP contribution in [0.15, 0.2) is 47.4 Å². The number of benzene rings is 2. The normalized spacial score (nSPS) is 15.1. The van der Waals surface area contributed by atoms with E-state index in [1.165, 1.54) is 9.87 Å². The summed E-state index contributed by atoms with van der Waals surface area (Å²) in [4.78, 5) is 26.9. The molecule has 0 atom stereocenters. The monoisotopic (exact) mass is 442 g/mol. The Morgan fingerprint density at radius 3 is 2.16 bits per heavy atom. The van der Waals surface area contributed by atoms with Gasteiger partial charge in [0.2, 0.25) is 15.9 Å². The molecule has 2 aromatic rings. The van der Waals surface area contributed by atoms with Gasteiger partial charge in [-0.25, -0.2) is 8.42 Å². The molecule has 0 saturated carbocycles. The van der Waals surface area contributed by atoms with Gasteiger partial charge in [-0.05, 0) is 43.0 Å². The molecule has 0 aromatic heterocycles. The van der Waals surface area contributed by atoms with Gasteiger partial charge >= 0.3 is 0 Å². The van der Waals surface area contributed by atoms with Gasteiger partial charge in [-0.2, -0.15) is 4.31 Å². The Kier molecular flexibility index (Phi) is 7.28. The van der Waals surface area contributed by atoms with Gasteiger partial charge < -0.3 is 4.90 Å². The van der Waals surface area contributed by atoms with Gasteiger partial charge in [0.25, 0.3) is 0 Å². The molecule has 0 unspecified atom stereocenters. The van der Waals surface area contributed by atoms with Crippen LogP contribution >= 0.6 is 0 Å². The Bertz CT molecular complexity index is 1050. The quantitative estimate of drug-likeness (QED) is 0.616. The minimum absolute atomic E-state index is 0.0489. The van der Waals surface area contributed by atoms with Crippen molar-refractivity contribution in [2.24, 2.45) is 0 Å². The molecule has 0 spiro atoms. The first-order valence-corrected chi connectivity index (χ1v) is 12.1. The number of aryl methyl sites for hydroxylation is 3. The van der Waals surface area contributed by atoms with Crippen LogP contribution < -0.4 is 0 Å². The lowest BCUT2D eigenvalue weighted by Crippen LogP contribution is -2.50. The zero-order valence-corrected chi connectivity index (χ0v) is 19.2. The first-order chi connectivity index (χ1) is 14.7. The zero-order valence-electron chi connectivity index (χ0n) is 18.4. The molecule has 1 fully saturated rings. The Labute approximate surface area is 184 Å². The molecule has 0 radical (unpaired) electrons. The van der Waals surface area contributed by atoms with Crippen LogP contribution in [0.25, 0.3) is 0 Å². The molecule has 2 aromatic carbocycles. The van der Waals surface area contributed by atoms with Crippen LogP contribution in [0.1, 0.15) is 46.8 Å². The molecular weight excluding hydrogens is 412 g/mol. The van der Waals surface area contributed by atoms with Crippen molar-refractivity contribution in [3.8, 4) is 0 Å². The van der Waals surface area contributed by atoms with Gasteiger partial charge in [0.15, 0.2) is 5.78 Å². The average molecular weight is 443 g/mol. The first-order valence-electron chi connectivity index (χ1n) is 10.7.